The normalized spacial score (nSPS) is 11.2. The predicted octanol–water partition coefficient (Wildman–Crippen LogP) is 5.08. The van der Waals surface area contributed by atoms with Gasteiger partial charge < -0.3 is 0 Å². The Kier molecular flexibility index (Phi) is 3.92. The predicted molar refractivity (Wildman–Crippen MR) is 83.1 cm³/mol. The molecule has 20 heavy (non-hydrogen) atoms. The molecule has 0 aliphatic heterocycles. The minimum Gasteiger partial charge on any atom is -0.221 e. The molecule has 0 N–H and O–H groups in total. The van der Waals surface area contributed by atoms with Crippen molar-refractivity contribution < 1.29 is 4.39 Å². The van der Waals surface area contributed by atoms with Gasteiger partial charge in [0.15, 0.2) is 0 Å². The molecule has 2 heterocycles. The summed E-state index contributed by atoms with van der Waals surface area (Å²) in [6.07, 6.45) is 0. The molecule has 0 aliphatic rings. The van der Waals surface area contributed by atoms with Crippen molar-refractivity contribution in [2.75, 3.05) is 0 Å². The summed E-state index contributed by atoms with van der Waals surface area (Å²) < 4.78 is 13.5. The maximum atomic E-state index is 13.5. The van der Waals surface area contributed by atoms with E-state index in [1.165, 1.54) is 17.8 Å². The molecular formula is C14H10ClFN2S2. The highest BCUT2D eigenvalue weighted by atomic mass is 35.5. The number of thiophene rings is 1. The molecule has 2 nitrogen and oxygen atoms in total. The number of fused-ring (bicyclic) bond motifs is 1. The minimum absolute atomic E-state index is 0.225. The van der Waals surface area contributed by atoms with Gasteiger partial charge in [-0.1, -0.05) is 23.7 Å². The van der Waals surface area contributed by atoms with Crippen molar-refractivity contribution in [1.82, 2.24) is 9.97 Å². The van der Waals surface area contributed by atoms with Gasteiger partial charge in [0, 0.05) is 15.2 Å². The molecule has 2 aromatic heterocycles. The highest BCUT2D eigenvalue weighted by Crippen LogP contribution is 2.30. The molecule has 3 aromatic rings. The number of nitrogens with zero attached hydrogens (tertiary/aromatic N) is 2. The first-order chi connectivity index (χ1) is 9.63. The molecule has 0 bridgehead atoms. The van der Waals surface area contributed by atoms with Gasteiger partial charge in [0.2, 0.25) is 0 Å². The summed E-state index contributed by atoms with van der Waals surface area (Å²) in [6.45, 7) is 2.01. The molecule has 6 heteroatoms. The Hall–Kier alpha value is -1.17. The lowest BCUT2D eigenvalue weighted by Crippen LogP contribution is -1.93. The fourth-order valence-corrected chi connectivity index (χ4v) is 3.81. The molecule has 0 radical (unpaired) electrons. The summed E-state index contributed by atoms with van der Waals surface area (Å²) in [5, 5.41) is 1.34. The zero-order valence-corrected chi connectivity index (χ0v) is 12.9. The summed E-state index contributed by atoms with van der Waals surface area (Å²) in [7, 11) is 0. The van der Waals surface area contributed by atoms with Gasteiger partial charge in [-0.05, 0) is 25.1 Å². The van der Waals surface area contributed by atoms with Gasteiger partial charge in [0.25, 0.3) is 0 Å². The first-order valence-corrected chi connectivity index (χ1v) is 8.11. The molecule has 0 amide bonds. The third-order valence-corrected chi connectivity index (χ3v) is 4.99. The van der Waals surface area contributed by atoms with Crippen molar-refractivity contribution in [1.29, 1.82) is 0 Å². The zero-order valence-electron chi connectivity index (χ0n) is 10.6. The Bertz CT molecular complexity index is 773. The third-order valence-electron chi connectivity index (χ3n) is 2.71. The molecule has 0 saturated carbocycles. The van der Waals surface area contributed by atoms with Gasteiger partial charge in [-0.15, -0.1) is 23.1 Å². The van der Waals surface area contributed by atoms with Gasteiger partial charge in [0.05, 0.1) is 5.75 Å². The molecule has 1 aromatic carbocycles. The molecule has 0 spiro atoms. The van der Waals surface area contributed by atoms with E-state index in [9.17, 15) is 4.39 Å². The largest absolute Gasteiger partial charge is 0.221 e. The number of aryl methyl sites for hydroxylation is 1. The summed E-state index contributed by atoms with van der Waals surface area (Å²) in [5.41, 5.74) is 0. The van der Waals surface area contributed by atoms with Crippen LogP contribution in [-0.2, 0) is 5.75 Å². The van der Waals surface area contributed by atoms with Crippen molar-refractivity contribution in [3.8, 4) is 0 Å². The van der Waals surface area contributed by atoms with Crippen LogP contribution in [0.1, 0.15) is 10.7 Å². The standard InChI is InChI=1S/C14H10ClFN2S2/c1-8-6-9-13(15)17-12(18-14(9)20-8)7-19-11-5-3-2-4-10(11)16/h2-6H,7H2,1H3. The molecular weight excluding hydrogens is 315 g/mol. The number of hydrogen-bond acceptors (Lipinski definition) is 4. The van der Waals surface area contributed by atoms with E-state index in [0.717, 1.165) is 15.1 Å². The average molecular weight is 325 g/mol. The van der Waals surface area contributed by atoms with Gasteiger partial charge >= 0.3 is 0 Å². The van der Waals surface area contributed by atoms with Crippen LogP contribution in [0.3, 0.4) is 0 Å². The second-order valence-corrected chi connectivity index (χ2v) is 6.84. The van der Waals surface area contributed by atoms with Crippen LogP contribution in [0.4, 0.5) is 4.39 Å². The fourth-order valence-electron chi connectivity index (χ4n) is 1.82. The number of rotatable bonds is 3. The highest BCUT2D eigenvalue weighted by molar-refractivity contribution is 7.98. The first-order valence-electron chi connectivity index (χ1n) is 5.93. The Morgan fingerprint density at radius 3 is 2.90 bits per heavy atom. The smallest absolute Gasteiger partial charge is 0.142 e. The minimum atomic E-state index is -0.225. The van der Waals surface area contributed by atoms with Gasteiger partial charge in [-0.25, -0.2) is 14.4 Å². The van der Waals surface area contributed by atoms with Gasteiger partial charge in [0.1, 0.15) is 21.6 Å². The molecule has 102 valence electrons. The van der Waals surface area contributed by atoms with Crippen LogP contribution in [0.15, 0.2) is 35.2 Å². The number of halogens is 2. The fraction of sp³-hybridized carbons (Fsp3) is 0.143. The quantitative estimate of drug-likeness (QED) is 0.496. The molecule has 0 fully saturated rings. The van der Waals surface area contributed by atoms with E-state index < -0.39 is 0 Å². The first kappa shape index (κ1) is 13.8. The lowest BCUT2D eigenvalue weighted by molar-refractivity contribution is 0.602. The van der Waals surface area contributed by atoms with Crippen LogP contribution < -0.4 is 0 Å². The lowest BCUT2D eigenvalue weighted by Gasteiger charge is -2.03. The van der Waals surface area contributed by atoms with Crippen LogP contribution in [-0.4, -0.2) is 9.97 Å². The topological polar surface area (TPSA) is 25.8 Å². The van der Waals surface area contributed by atoms with Crippen molar-refractivity contribution in [3.05, 3.63) is 52.0 Å². The summed E-state index contributed by atoms with van der Waals surface area (Å²) in [5.74, 6) is 0.891. The number of hydrogen-bond donors (Lipinski definition) is 0. The van der Waals surface area contributed by atoms with Crippen molar-refractivity contribution in [3.63, 3.8) is 0 Å². The average Bonchev–Trinajstić information content (AvgIpc) is 2.79. The van der Waals surface area contributed by atoms with Crippen molar-refractivity contribution in [2.24, 2.45) is 0 Å². The van der Waals surface area contributed by atoms with E-state index in [2.05, 4.69) is 9.97 Å². The van der Waals surface area contributed by atoms with Crippen LogP contribution in [0.25, 0.3) is 10.2 Å². The summed E-state index contributed by atoms with van der Waals surface area (Å²) in [4.78, 5) is 11.4. The van der Waals surface area contributed by atoms with Crippen LogP contribution in [0.2, 0.25) is 5.15 Å². The Morgan fingerprint density at radius 1 is 1.30 bits per heavy atom. The molecule has 3 rings (SSSR count). The number of aromatic nitrogens is 2. The third kappa shape index (κ3) is 2.80. The van der Waals surface area contributed by atoms with Crippen LogP contribution in [0, 0.1) is 12.7 Å². The van der Waals surface area contributed by atoms with Crippen molar-refractivity contribution in [2.45, 2.75) is 17.6 Å². The van der Waals surface area contributed by atoms with E-state index in [4.69, 9.17) is 11.6 Å². The zero-order chi connectivity index (χ0) is 14.1. The molecule has 0 unspecified atom stereocenters. The second-order valence-electron chi connectivity index (χ2n) is 4.23. The van der Waals surface area contributed by atoms with Crippen LogP contribution in [0.5, 0.6) is 0 Å². The SMILES string of the molecule is Cc1cc2c(Cl)nc(CSc3ccccc3F)nc2s1. The van der Waals surface area contributed by atoms with Gasteiger partial charge in [-0.3, -0.25) is 0 Å². The van der Waals surface area contributed by atoms with Gasteiger partial charge in [-0.2, -0.15) is 0 Å². The number of benzene rings is 1. The molecule has 0 aliphatic carbocycles. The Balaban J connectivity index is 1.86. The maximum absolute atomic E-state index is 13.5. The summed E-state index contributed by atoms with van der Waals surface area (Å²) in [6, 6.07) is 8.66. The number of thioether (sulfide) groups is 1. The van der Waals surface area contributed by atoms with Crippen LogP contribution >= 0.6 is 34.7 Å². The van der Waals surface area contributed by atoms with E-state index >= 15 is 0 Å². The molecule has 0 atom stereocenters. The highest BCUT2D eigenvalue weighted by Gasteiger charge is 2.10. The van der Waals surface area contributed by atoms with Crippen molar-refractivity contribution >= 4 is 44.9 Å². The van der Waals surface area contributed by atoms with E-state index in [1.807, 2.05) is 19.1 Å². The van der Waals surface area contributed by atoms with E-state index in [1.54, 1.807) is 23.5 Å². The second kappa shape index (κ2) is 5.68. The monoisotopic (exact) mass is 324 g/mol. The van der Waals surface area contributed by atoms with E-state index in [0.29, 0.717) is 21.6 Å². The lowest BCUT2D eigenvalue weighted by atomic mass is 10.3. The Labute approximate surface area is 129 Å². The maximum Gasteiger partial charge on any atom is 0.142 e. The molecule has 0 saturated heterocycles. The Morgan fingerprint density at radius 2 is 2.10 bits per heavy atom. The van der Waals surface area contributed by atoms with E-state index in [-0.39, 0.29) is 5.82 Å². The summed E-state index contributed by atoms with van der Waals surface area (Å²) >= 11 is 9.12.